The highest BCUT2D eigenvalue weighted by molar-refractivity contribution is 7.89. The van der Waals surface area contributed by atoms with Crippen molar-refractivity contribution in [2.24, 2.45) is 0 Å². The molecular formula is C14H25N3O4S. The van der Waals surface area contributed by atoms with Crippen LogP contribution >= 0.6 is 0 Å². The Balaban J connectivity index is 2.59. The second-order valence-electron chi connectivity index (χ2n) is 4.82. The molecular weight excluding hydrogens is 306 g/mol. The van der Waals surface area contributed by atoms with Gasteiger partial charge in [0, 0.05) is 13.1 Å². The Bertz CT molecular complexity index is 530. The number of aliphatic hydroxyl groups excluding tert-OH is 1. The molecule has 7 nitrogen and oxygen atoms in total. The van der Waals surface area contributed by atoms with E-state index in [0.717, 1.165) is 13.1 Å². The summed E-state index contributed by atoms with van der Waals surface area (Å²) in [6.07, 6.45) is -0.746. The predicted molar refractivity (Wildman–Crippen MR) is 86.1 cm³/mol. The van der Waals surface area contributed by atoms with Crippen LogP contribution in [0.15, 0.2) is 29.2 Å². The van der Waals surface area contributed by atoms with Crippen LogP contribution in [0.1, 0.15) is 13.8 Å². The van der Waals surface area contributed by atoms with Crippen molar-refractivity contribution in [3.63, 3.8) is 0 Å². The third-order valence-corrected chi connectivity index (χ3v) is 4.70. The first-order valence-electron chi connectivity index (χ1n) is 7.22. The molecule has 0 saturated carbocycles. The zero-order valence-electron chi connectivity index (χ0n) is 13.2. The van der Waals surface area contributed by atoms with Crippen LogP contribution in [0.4, 0.5) is 5.69 Å². The molecule has 1 unspecified atom stereocenters. The lowest BCUT2D eigenvalue weighted by Gasteiger charge is -2.22. The standard InChI is InChI=1S/C14H25N3O4S/c1-4-17(5-2)11-13(18)10-15-22(19,20)14-8-6-12(7-9-14)16-21-3/h6-9,13,15-16,18H,4-5,10-11H2,1-3H3. The molecule has 0 saturated heterocycles. The molecule has 0 aliphatic heterocycles. The Labute approximate surface area is 132 Å². The summed E-state index contributed by atoms with van der Waals surface area (Å²) in [5.41, 5.74) is 3.27. The molecule has 0 aromatic heterocycles. The Morgan fingerprint density at radius 2 is 1.82 bits per heavy atom. The van der Waals surface area contributed by atoms with Crippen molar-refractivity contribution in [2.45, 2.75) is 24.8 Å². The Hall–Kier alpha value is -1.19. The summed E-state index contributed by atoms with van der Waals surface area (Å²) >= 11 is 0. The number of nitrogens with one attached hydrogen (secondary N) is 2. The highest BCUT2D eigenvalue weighted by Crippen LogP contribution is 2.13. The highest BCUT2D eigenvalue weighted by Gasteiger charge is 2.16. The van der Waals surface area contributed by atoms with E-state index < -0.39 is 16.1 Å². The van der Waals surface area contributed by atoms with Gasteiger partial charge < -0.3 is 10.0 Å². The van der Waals surface area contributed by atoms with Gasteiger partial charge >= 0.3 is 0 Å². The van der Waals surface area contributed by atoms with Crippen molar-refractivity contribution in [3.8, 4) is 0 Å². The minimum Gasteiger partial charge on any atom is -0.390 e. The molecule has 0 heterocycles. The molecule has 0 fully saturated rings. The van der Waals surface area contributed by atoms with Gasteiger partial charge in [-0.2, -0.15) is 0 Å². The maximum Gasteiger partial charge on any atom is 0.240 e. The average molecular weight is 331 g/mol. The molecule has 1 aromatic rings. The number of sulfonamides is 1. The van der Waals surface area contributed by atoms with Crippen LogP contribution in [0.2, 0.25) is 0 Å². The number of hydrogen-bond donors (Lipinski definition) is 3. The van der Waals surface area contributed by atoms with E-state index in [9.17, 15) is 13.5 Å². The zero-order valence-corrected chi connectivity index (χ0v) is 14.1. The lowest BCUT2D eigenvalue weighted by molar-refractivity contribution is 0.121. The summed E-state index contributed by atoms with van der Waals surface area (Å²) in [6.45, 7) is 6.04. The largest absolute Gasteiger partial charge is 0.390 e. The second kappa shape index (κ2) is 9.06. The van der Waals surface area contributed by atoms with Crippen molar-refractivity contribution in [1.82, 2.24) is 9.62 Å². The number of nitrogens with zero attached hydrogens (tertiary/aromatic N) is 1. The number of anilines is 1. The third kappa shape index (κ3) is 5.90. The molecule has 0 bridgehead atoms. The molecule has 0 aliphatic carbocycles. The van der Waals surface area contributed by atoms with Gasteiger partial charge in [0.25, 0.3) is 0 Å². The fourth-order valence-electron chi connectivity index (χ4n) is 1.95. The highest BCUT2D eigenvalue weighted by atomic mass is 32.2. The first kappa shape index (κ1) is 18.9. The number of benzene rings is 1. The SMILES string of the molecule is CCN(CC)CC(O)CNS(=O)(=O)c1ccc(NOC)cc1. The van der Waals surface area contributed by atoms with Crippen LogP contribution in [0.5, 0.6) is 0 Å². The minimum atomic E-state index is -3.63. The first-order chi connectivity index (χ1) is 10.4. The minimum absolute atomic E-state index is 0.0170. The summed E-state index contributed by atoms with van der Waals surface area (Å²) in [5.74, 6) is 0. The molecule has 0 aliphatic rings. The summed E-state index contributed by atoms with van der Waals surface area (Å²) in [6, 6.07) is 6.15. The van der Waals surface area contributed by atoms with E-state index >= 15 is 0 Å². The summed E-state index contributed by atoms with van der Waals surface area (Å²) < 4.78 is 26.7. The third-order valence-electron chi connectivity index (χ3n) is 3.26. The molecule has 22 heavy (non-hydrogen) atoms. The van der Waals surface area contributed by atoms with Gasteiger partial charge in [-0.3, -0.25) is 10.3 Å². The van der Waals surface area contributed by atoms with Crippen molar-refractivity contribution in [1.29, 1.82) is 0 Å². The Morgan fingerprint density at radius 1 is 1.23 bits per heavy atom. The molecule has 3 N–H and O–H groups in total. The Morgan fingerprint density at radius 3 is 2.32 bits per heavy atom. The van der Waals surface area contributed by atoms with Crippen LogP contribution in [0.3, 0.4) is 0 Å². The van der Waals surface area contributed by atoms with E-state index in [2.05, 4.69) is 10.2 Å². The lowest BCUT2D eigenvalue weighted by Crippen LogP contribution is -2.40. The topological polar surface area (TPSA) is 90.9 Å². The first-order valence-corrected chi connectivity index (χ1v) is 8.70. The van der Waals surface area contributed by atoms with Crippen LogP contribution in [0.25, 0.3) is 0 Å². The van der Waals surface area contributed by atoms with Gasteiger partial charge in [0.2, 0.25) is 10.0 Å². The van der Waals surface area contributed by atoms with Gasteiger partial charge in [-0.15, -0.1) is 0 Å². The Kier molecular flexibility index (Phi) is 7.77. The number of likely N-dealkylation sites (N-methyl/N-ethyl adjacent to an activating group) is 1. The molecule has 8 heteroatoms. The fourth-order valence-corrected chi connectivity index (χ4v) is 3.03. The molecule has 126 valence electrons. The molecule has 0 amide bonds. The van der Waals surface area contributed by atoms with Crippen LogP contribution < -0.4 is 10.2 Å². The fraction of sp³-hybridized carbons (Fsp3) is 0.571. The second-order valence-corrected chi connectivity index (χ2v) is 6.59. The van der Waals surface area contributed by atoms with E-state index in [1.165, 1.54) is 19.2 Å². The molecule has 0 spiro atoms. The smallest absolute Gasteiger partial charge is 0.240 e. The molecule has 0 radical (unpaired) electrons. The normalized spacial score (nSPS) is 13.3. The van der Waals surface area contributed by atoms with Crippen molar-refractivity contribution in [3.05, 3.63) is 24.3 Å². The molecule has 1 atom stereocenters. The molecule has 1 rings (SSSR count). The van der Waals surface area contributed by atoms with Gasteiger partial charge in [-0.05, 0) is 37.4 Å². The van der Waals surface area contributed by atoms with Crippen LogP contribution in [-0.2, 0) is 14.9 Å². The number of hydrogen-bond acceptors (Lipinski definition) is 6. The van der Waals surface area contributed by atoms with Gasteiger partial charge in [0.1, 0.15) is 0 Å². The van der Waals surface area contributed by atoms with E-state index in [4.69, 9.17) is 4.84 Å². The van der Waals surface area contributed by atoms with Gasteiger partial charge in [-0.25, -0.2) is 13.1 Å². The molecule has 1 aromatic carbocycles. The maximum absolute atomic E-state index is 12.1. The van der Waals surface area contributed by atoms with Crippen molar-refractivity contribution < 1.29 is 18.4 Å². The summed E-state index contributed by atoms with van der Waals surface area (Å²) in [7, 11) is -2.16. The number of rotatable bonds is 10. The summed E-state index contributed by atoms with van der Waals surface area (Å²) in [4.78, 5) is 6.91. The lowest BCUT2D eigenvalue weighted by atomic mass is 10.3. The van der Waals surface area contributed by atoms with Gasteiger partial charge in [0.05, 0.1) is 23.8 Å². The predicted octanol–water partition coefficient (Wildman–Crippen LogP) is 0.641. The van der Waals surface area contributed by atoms with Crippen LogP contribution in [0, 0.1) is 0 Å². The van der Waals surface area contributed by atoms with E-state index in [-0.39, 0.29) is 11.4 Å². The average Bonchev–Trinajstić information content (AvgIpc) is 2.51. The quantitative estimate of drug-likeness (QED) is 0.545. The van der Waals surface area contributed by atoms with Crippen molar-refractivity contribution >= 4 is 15.7 Å². The van der Waals surface area contributed by atoms with Gasteiger partial charge in [0.15, 0.2) is 0 Å². The zero-order chi connectivity index (χ0) is 16.6. The maximum atomic E-state index is 12.1. The van der Waals surface area contributed by atoms with Crippen molar-refractivity contribution in [2.75, 3.05) is 38.8 Å². The van der Waals surface area contributed by atoms with E-state index in [1.807, 2.05) is 18.7 Å². The van der Waals surface area contributed by atoms with E-state index in [1.54, 1.807) is 12.1 Å². The monoisotopic (exact) mass is 331 g/mol. The van der Waals surface area contributed by atoms with E-state index in [0.29, 0.717) is 12.2 Å². The van der Waals surface area contributed by atoms with Crippen LogP contribution in [-0.4, -0.2) is 57.8 Å². The number of aliphatic hydroxyl groups is 1. The summed E-state index contributed by atoms with van der Waals surface area (Å²) in [5, 5.41) is 9.91. The van der Waals surface area contributed by atoms with Gasteiger partial charge in [-0.1, -0.05) is 13.8 Å².